The minimum absolute atomic E-state index is 0.308. The molecule has 0 spiro atoms. The highest BCUT2D eigenvalue weighted by Gasteiger charge is 2.09. The van der Waals surface area contributed by atoms with Crippen molar-refractivity contribution >= 4 is 15.9 Å². The number of hydrogen-bond acceptors (Lipinski definition) is 2. The van der Waals surface area contributed by atoms with Crippen molar-refractivity contribution in [1.82, 2.24) is 9.55 Å². The Labute approximate surface area is 135 Å². The van der Waals surface area contributed by atoms with E-state index in [1.165, 1.54) is 12.1 Å². The highest BCUT2D eigenvalue weighted by molar-refractivity contribution is 9.10. The van der Waals surface area contributed by atoms with Crippen LogP contribution in [0.15, 0.2) is 59.3 Å². The second kappa shape index (κ2) is 6.12. The van der Waals surface area contributed by atoms with Crippen LogP contribution >= 0.6 is 15.9 Å². The molecule has 2 aromatic carbocycles. The lowest BCUT2D eigenvalue weighted by Crippen LogP contribution is -2.01. The maximum absolute atomic E-state index is 13.6. The molecule has 3 rings (SSSR count). The number of imidazole rings is 1. The van der Waals surface area contributed by atoms with Crippen molar-refractivity contribution in [3.05, 3.63) is 76.3 Å². The van der Waals surface area contributed by atoms with Crippen molar-refractivity contribution in [2.75, 3.05) is 0 Å². The molecule has 1 heterocycles. The molecule has 0 N–H and O–H groups in total. The van der Waals surface area contributed by atoms with Gasteiger partial charge in [-0.1, -0.05) is 28.1 Å². The van der Waals surface area contributed by atoms with E-state index < -0.39 is 0 Å². The molecule has 5 heteroatoms. The third-order valence-electron chi connectivity index (χ3n) is 3.27. The zero-order chi connectivity index (χ0) is 15.5. The average molecular weight is 356 g/mol. The molecular formula is C17H11BrFN3. The van der Waals surface area contributed by atoms with E-state index in [0.717, 1.165) is 5.56 Å². The number of nitrogens with zero attached hydrogens (tertiary/aromatic N) is 3. The second-order valence-corrected chi connectivity index (χ2v) is 5.76. The van der Waals surface area contributed by atoms with Gasteiger partial charge in [-0.3, -0.25) is 0 Å². The van der Waals surface area contributed by atoms with Crippen molar-refractivity contribution in [1.29, 1.82) is 5.26 Å². The highest BCUT2D eigenvalue weighted by atomic mass is 79.9. The van der Waals surface area contributed by atoms with E-state index in [0.29, 0.717) is 28.0 Å². The maximum Gasteiger partial charge on any atom is 0.140 e. The van der Waals surface area contributed by atoms with Crippen LogP contribution in [0.3, 0.4) is 0 Å². The fourth-order valence-corrected chi connectivity index (χ4v) is 2.73. The third-order valence-corrected chi connectivity index (χ3v) is 3.73. The summed E-state index contributed by atoms with van der Waals surface area (Å²) in [7, 11) is 0. The first-order chi connectivity index (χ1) is 10.7. The van der Waals surface area contributed by atoms with E-state index in [-0.39, 0.29) is 5.82 Å². The zero-order valence-corrected chi connectivity index (χ0v) is 13.1. The summed E-state index contributed by atoms with van der Waals surface area (Å²) in [6.45, 7) is 0.606. The van der Waals surface area contributed by atoms with Gasteiger partial charge in [-0.05, 0) is 35.9 Å². The smallest absolute Gasteiger partial charge is 0.140 e. The lowest BCUT2D eigenvalue weighted by atomic mass is 10.1. The van der Waals surface area contributed by atoms with Gasteiger partial charge >= 0.3 is 0 Å². The average Bonchev–Trinajstić information content (AvgIpc) is 2.95. The van der Waals surface area contributed by atoms with E-state index in [1.807, 2.05) is 29.0 Å². The van der Waals surface area contributed by atoms with Gasteiger partial charge in [-0.15, -0.1) is 0 Å². The Kier molecular flexibility index (Phi) is 4.03. The summed E-state index contributed by atoms with van der Waals surface area (Å²) in [6.07, 6.45) is 3.55. The van der Waals surface area contributed by atoms with E-state index >= 15 is 0 Å². The Balaban J connectivity index is 1.93. The molecule has 3 aromatic rings. The molecule has 0 amide bonds. The van der Waals surface area contributed by atoms with Crippen LogP contribution in [0.25, 0.3) is 11.4 Å². The van der Waals surface area contributed by atoms with Gasteiger partial charge in [-0.2, -0.15) is 5.26 Å². The van der Waals surface area contributed by atoms with Crippen LogP contribution in [0.5, 0.6) is 0 Å². The summed E-state index contributed by atoms with van der Waals surface area (Å²) >= 11 is 3.30. The number of halogens is 2. The molecule has 108 valence electrons. The summed E-state index contributed by atoms with van der Waals surface area (Å²) in [6, 6.07) is 14.2. The van der Waals surface area contributed by atoms with Gasteiger partial charge < -0.3 is 4.57 Å². The molecule has 3 nitrogen and oxygen atoms in total. The first kappa shape index (κ1) is 14.5. The molecule has 0 aliphatic rings. The zero-order valence-electron chi connectivity index (χ0n) is 11.5. The molecule has 0 fully saturated rings. The van der Waals surface area contributed by atoms with Crippen molar-refractivity contribution in [3.63, 3.8) is 0 Å². The number of rotatable bonds is 3. The molecule has 0 radical (unpaired) electrons. The van der Waals surface area contributed by atoms with Crippen LogP contribution in [0.4, 0.5) is 4.39 Å². The van der Waals surface area contributed by atoms with Crippen molar-refractivity contribution in [2.24, 2.45) is 0 Å². The second-order valence-electron chi connectivity index (χ2n) is 4.85. The molecule has 0 atom stereocenters. The van der Waals surface area contributed by atoms with Crippen LogP contribution in [-0.2, 0) is 6.54 Å². The normalized spacial score (nSPS) is 10.4. The first-order valence-corrected chi connectivity index (χ1v) is 7.41. The maximum atomic E-state index is 13.6. The van der Waals surface area contributed by atoms with E-state index in [4.69, 9.17) is 5.26 Å². The summed E-state index contributed by atoms with van der Waals surface area (Å²) in [5.74, 6) is 0.391. The van der Waals surface area contributed by atoms with E-state index in [9.17, 15) is 4.39 Å². The standard InChI is InChI=1S/C17H11BrFN3/c18-15-7-14(8-16(19)9-15)17-21-5-6-22(17)11-13-3-1-12(10-20)2-4-13/h1-9H,11H2. The lowest BCUT2D eigenvalue weighted by molar-refractivity contribution is 0.627. The van der Waals surface area contributed by atoms with Gasteiger partial charge in [0, 0.05) is 29.0 Å². The van der Waals surface area contributed by atoms with Crippen LogP contribution in [-0.4, -0.2) is 9.55 Å². The van der Waals surface area contributed by atoms with Crippen molar-refractivity contribution < 1.29 is 4.39 Å². The molecule has 22 heavy (non-hydrogen) atoms. The summed E-state index contributed by atoms with van der Waals surface area (Å²) in [5, 5.41) is 8.82. The molecule has 0 saturated carbocycles. The topological polar surface area (TPSA) is 41.6 Å². The lowest BCUT2D eigenvalue weighted by Gasteiger charge is -2.09. The molecule has 0 bridgehead atoms. The fraction of sp³-hybridized carbons (Fsp3) is 0.0588. The monoisotopic (exact) mass is 355 g/mol. The van der Waals surface area contributed by atoms with Crippen molar-refractivity contribution in [2.45, 2.75) is 6.54 Å². The molecule has 0 aliphatic heterocycles. The number of hydrogen-bond donors (Lipinski definition) is 0. The number of aromatic nitrogens is 2. The van der Waals surface area contributed by atoms with Crippen LogP contribution in [0.1, 0.15) is 11.1 Å². The largest absolute Gasteiger partial charge is 0.327 e. The van der Waals surface area contributed by atoms with Crippen LogP contribution in [0.2, 0.25) is 0 Å². The van der Waals surface area contributed by atoms with Gasteiger partial charge in [0.1, 0.15) is 11.6 Å². The van der Waals surface area contributed by atoms with Crippen molar-refractivity contribution in [3.8, 4) is 17.5 Å². The molecule has 0 unspecified atom stereocenters. The molecular weight excluding hydrogens is 345 g/mol. The summed E-state index contributed by atoms with van der Waals surface area (Å²) in [5.41, 5.74) is 2.39. The Morgan fingerprint density at radius 2 is 1.95 bits per heavy atom. The minimum Gasteiger partial charge on any atom is -0.327 e. The Bertz CT molecular complexity index is 827. The van der Waals surface area contributed by atoms with Gasteiger partial charge in [0.2, 0.25) is 0 Å². The van der Waals surface area contributed by atoms with Gasteiger partial charge in [0.25, 0.3) is 0 Å². The summed E-state index contributed by atoms with van der Waals surface area (Å²) in [4.78, 5) is 4.32. The SMILES string of the molecule is N#Cc1ccc(Cn2ccnc2-c2cc(F)cc(Br)c2)cc1. The Morgan fingerprint density at radius 1 is 1.18 bits per heavy atom. The van der Waals surface area contributed by atoms with Gasteiger partial charge in [0.05, 0.1) is 11.6 Å². The fourth-order valence-electron chi connectivity index (χ4n) is 2.26. The minimum atomic E-state index is -0.308. The van der Waals surface area contributed by atoms with Crippen LogP contribution < -0.4 is 0 Å². The molecule has 0 saturated heterocycles. The van der Waals surface area contributed by atoms with Crippen LogP contribution in [0, 0.1) is 17.1 Å². The molecule has 0 aliphatic carbocycles. The Morgan fingerprint density at radius 3 is 2.64 bits per heavy atom. The highest BCUT2D eigenvalue weighted by Crippen LogP contribution is 2.24. The Hall–Kier alpha value is -2.45. The van der Waals surface area contributed by atoms with Gasteiger partial charge in [0.15, 0.2) is 0 Å². The third kappa shape index (κ3) is 3.07. The van der Waals surface area contributed by atoms with E-state index in [2.05, 4.69) is 27.0 Å². The summed E-state index contributed by atoms with van der Waals surface area (Å²) < 4.78 is 16.2. The predicted molar refractivity (Wildman–Crippen MR) is 85.6 cm³/mol. The molecule has 1 aromatic heterocycles. The first-order valence-electron chi connectivity index (χ1n) is 6.62. The number of benzene rings is 2. The van der Waals surface area contributed by atoms with E-state index in [1.54, 1.807) is 18.3 Å². The predicted octanol–water partition coefficient (Wildman–Crippen LogP) is 4.37. The number of nitriles is 1. The van der Waals surface area contributed by atoms with Gasteiger partial charge in [-0.25, -0.2) is 9.37 Å². The quantitative estimate of drug-likeness (QED) is 0.699.